The van der Waals surface area contributed by atoms with Crippen molar-refractivity contribution in [2.45, 2.75) is 6.92 Å². The van der Waals surface area contributed by atoms with Gasteiger partial charge in [-0.15, -0.1) is 5.92 Å². The lowest BCUT2D eigenvalue weighted by molar-refractivity contribution is 1.47. The first-order chi connectivity index (χ1) is 3.77. The Morgan fingerprint density at radius 1 is 1.75 bits per heavy atom. The quantitative estimate of drug-likeness (QED) is 0.287. The Balaban J connectivity index is 3.61. The Hall–Kier alpha value is -1.23. The second-order valence-electron chi connectivity index (χ2n) is 1.18. The molecule has 2 nitrogen and oxygen atoms in total. The molecule has 0 aliphatic rings. The zero-order valence-corrected chi connectivity index (χ0v) is 4.73. The van der Waals surface area contributed by atoms with Crippen molar-refractivity contribution in [3.05, 3.63) is 12.2 Å². The van der Waals surface area contributed by atoms with Gasteiger partial charge in [0.2, 0.25) is 0 Å². The molecule has 0 aromatic carbocycles. The van der Waals surface area contributed by atoms with E-state index in [9.17, 15) is 0 Å². The van der Waals surface area contributed by atoms with E-state index < -0.39 is 0 Å². The Morgan fingerprint density at radius 2 is 2.38 bits per heavy atom. The highest BCUT2D eigenvalue weighted by molar-refractivity contribution is 5.88. The van der Waals surface area contributed by atoms with Gasteiger partial charge in [0.1, 0.15) is 5.84 Å². The Morgan fingerprint density at radius 3 is 2.75 bits per heavy atom. The van der Waals surface area contributed by atoms with Crippen LogP contribution in [0.2, 0.25) is 0 Å². The number of rotatable bonds is 1. The van der Waals surface area contributed by atoms with Gasteiger partial charge in [-0.25, -0.2) is 0 Å². The first-order valence-electron chi connectivity index (χ1n) is 2.20. The molecule has 0 unspecified atom stereocenters. The van der Waals surface area contributed by atoms with Gasteiger partial charge in [0.05, 0.1) is 0 Å². The van der Waals surface area contributed by atoms with Gasteiger partial charge in [-0.1, -0.05) is 5.92 Å². The minimum absolute atomic E-state index is 0.0350. The summed E-state index contributed by atoms with van der Waals surface area (Å²) in [4.78, 5) is 0. The molecule has 3 N–H and O–H groups in total. The molecular formula is C6H8N2. The fraction of sp³-hybridized carbons (Fsp3) is 0.167. The first kappa shape index (κ1) is 6.77. The van der Waals surface area contributed by atoms with E-state index in [0.29, 0.717) is 0 Å². The number of nitrogens with two attached hydrogens (primary N) is 1. The third-order valence-corrected chi connectivity index (χ3v) is 0.491. The molecule has 8 heavy (non-hydrogen) atoms. The summed E-state index contributed by atoms with van der Waals surface area (Å²) in [6, 6.07) is 0. The van der Waals surface area contributed by atoms with Crippen molar-refractivity contribution < 1.29 is 0 Å². The summed E-state index contributed by atoms with van der Waals surface area (Å²) in [6.45, 7) is 1.73. The molecule has 0 bridgehead atoms. The predicted molar refractivity (Wildman–Crippen MR) is 34.5 cm³/mol. The van der Waals surface area contributed by atoms with Crippen molar-refractivity contribution in [3.8, 4) is 11.8 Å². The Kier molecular flexibility index (Phi) is 3.34. The van der Waals surface area contributed by atoms with Crippen molar-refractivity contribution in [2.75, 3.05) is 0 Å². The molecule has 0 atom stereocenters. The monoisotopic (exact) mass is 108 g/mol. The molecule has 0 rings (SSSR count). The van der Waals surface area contributed by atoms with Crippen LogP contribution in [0.5, 0.6) is 0 Å². The summed E-state index contributed by atoms with van der Waals surface area (Å²) in [7, 11) is 0. The van der Waals surface area contributed by atoms with Crippen molar-refractivity contribution in [2.24, 2.45) is 5.73 Å². The van der Waals surface area contributed by atoms with Crippen LogP contribution in [0.1, 0.15) is 6.92 Å². The van der Waals surface area contributed by atoms with E-state index in [2.05, 4.69) is 11.8 Å². The normalized spacial score (nSPS) is 8.12. The molecule has 0 heterocycles. The smallest absolute Gasteiger partial charge is 0.115 e. The molecule has 0 aromatic rings. The fourth-order valence-electron chi connectivity index (χ4n) is 0.215. The Bertz CT molecular complexity index is 157. The number of nitrogens with one attached hydrogen (secondary N) is 1. The van der Waals surface area contributed by atoms with Crippen molar-refractivity contribution in [3.63, 3.8) is 0 Å². The third kappa shape index (κ3) is 4.77. The minimum Gasteiger partial charge on any atom is -0.384 e. The largest absolute Gasteiger partial charge is 0.384 e. The second-order valence-corrected chi connectivity index (χ2v) is 1.18. The topological polar surface area (TPSA) is 49.9 Å². The lowest BCUT2D eigenvalue weighted by atomic mass is 10.4. The zero-order valence-electron chi connectivity index (χ0n) is 4.73. The van der Waals surface area contributed by atoms with E-state index in [-0.39, 0.29) is 5.84 Å². The molecule has 0 saturated carbocycles. The molecule has 42 valence electrons. The molecule has 0 fully saturated rings. The number of hydrogen-bond acceptors (Lipinski definition) is 1. The fourth-order valence-corrected chi connectivity index (χ4v) is 0.215. The van der Waals surface area contributed by atoms with E-state index in [1.807, 2.05) is 0 Å². The van der Waals surface area contributed by atoms with Crippen LogP contribution in [0, 0.1) is 17.3 Å². The number of amidine groups is 1. The summed E-state index contributed by atoms with van der Waals surface area (Å²) in [5, 5.41) is 6.70. The molecule has 0 radical (unpaired) electrons. The van der Waals surface area contributed by atoms with Crippen LogP contribution in [-0.2, 0) is 0 Å². The highest BCUT2D eigenvalue weighted by Gasteiger charge is 1.69. The van der Waals surface area contributed by atoms with Crippen LogP contribution in [0.4, 0.5) is 0 Å². The van der Waals surface area contributed by atoms with Gasteiger partial charge < -0.3 is 5.73 Å². The second kappa shape index (κ2) is 3.94. The van der Waals surface area contributed by atoms with Gasteiger partial charge in [0, 0.05) is 0 Å². The van der Waals surface area contributed by atoms with Crippen molar-refractivity contribution in [1.82, 2.24) is 0 Å². The van der Waals surface area contributed by atoms with Gasteiger partial charge in [-0.3, -0.25) is 5.41 Å². The first-order valence-corrected chi connectivity index (χ1v) is 2.20. The maximum atomic E-state index is 6.70. The number of allylic oxidation sites excluding steroid dienone is 1. The summed E-state index contributed by atoms with van der Waals surface area (Å²) >= 11 is 0. The third-order valence-electron chi connectivity index (χ3n) is 0.491. The van der Waals surface area contributed by atoms with E-state index in [0.717, 1.165) is 0 Å². The zero-order chi connectivity index (χ0) is 6.41. The molecule has 2 heteroatoms. The summed E-state index contributed by atoms with van der Waals surface area (Å²) in [5.41, 5.74) is 4.96. The van der Waals surface area contributed by atoms with Gasteiger partial charge in [-0.2, -0.15) is 0 Å². The van der Waals surface area contributed by atoms with Gasteiger partial charge in [0.15, 0.2) is 0 Å². The van der Waals surface area contributed by atoms with Crippen LogP contribution in [-0.4, -0.2) is 5.84 Å². The molecule has 0 aliphatic carbocycles. The van der Waals surface area contributed by atoms with E-state index in [1.54, 1.807) is 13.0 Å². The maximum Gasteiger partial charge on any atom is 0.115 e. The van der Waals surface area contributed by atoms with Crippen LogP contribution < -0.4 is 5.73 Å². The van der Waals surface area contributed by atoms with Crippen LogP contribution in [0.15, 0.2) is 12.2 Å². The van der Waals surface area contributed by atoms with Gasteiger partial charge in [-0.05, 0) is 19.1 Å². The minimum atomic E-state index is 0.0350. The summed E-state index contributed by atoms with van der Waals surface area (Å²) in [5.74, 6) is 5.30. The van der Waals surface area contributed by atoms with Crippen LogP contribution in [0.25, 0.3) is 0 Å². The SMILES string of the molecule is CC#C/C=C\C(=N)N. The molecule has 0 amide bonds. The molecule has 0 spiro atoms. The van der Waals surface area contributed by atoms with E-state index >= 15 is 0 Å². The van der Waals surface area contributed by atoms with Gasteiger partial charge in [0.25, 0.3) is 0 Å². The molecule has 0 saturated heterocycles. The van der Waals surface area contributed by atoms with E-state index in [1.165, 1.54) is 6.08 Å². The lowest BCUT2D eigenvalue weighted by Gasteiger charge is -1.75. The Labute approximate surface area is 48.9 Å². The highest BCUT2D eigenvalue weighted by atomic mass is 14.7. The van der Waals surface area contributed by atoms with E-state index in [4.69, 9.17) is 11.1 Å². The summed E-state index contributed by atoms with van der Waals surface area (Å²) in [6.07, 6.45) is 2.98. The maximum absolute atomic E-state index is 6.70. The van der Waals surface area contributed by atoms with Crippen LogP contribution >= 0.6 is 0 Å². The molecular weight excluding hydrogens is 100 g/mol. The van der Waals surface area contributed by atoms with Crippen molar-refractivity contribution in [1.29, 1.82) is 5.41 Å². The average Bonchev–Trinajstić information content (AvgIpc) is 1.66. The molecule has 0 aliphatic heterocycles. The lowest BCUT2D eigenvalue weighted by Crippen LogP contribution is -2.03. The predicted octanol–water partition coefficient (Wildman–Crippen LogP) is 0.502. The van der Waals surface area contributed by atoms with Crippen LogP contribution in [0.3, 0.4) is 0 Å². The number of hydrogen-bond donors (Lipinski definition) is 2. The summed E-state index contributed by atoms with van der Waals surface area (Å²) < 4.78 is 0. The average molecular weight is 108 g/mol. The molecule has 0 aromatic heterocycles. The standard InChI is InChI=1S/C6H8N2/c1-2-3-4-5-6(7)8/h4-5H,1H3,(H3,7,8)/b5-4-. The van der Waals surface area contributed by atoms with Crippen molar-refractivity contribution >= 4 is 5.84 Å². The highest BCUT2D eigenvalue weighted by Crippen LogP contribution is 1.65. The van der Waals surface area contributed by atoms with Gasteiger partial charge >= 0.3 is 0 Å².